The highest BCUT2D eigenvalue weighted by atomic mass is 127. The number of nitrogens with one attached hydrogen (secondary N) is 2. The lowest BCUT2D eigenvalue weighted by Gasteiger charge is -2.14. The van der Waals surface area contributed by atoms with Crippen molar-refractivity contribution in [2.45, 2.75) is 26.5 Å². The predicted octanol–water partition coefficient (Wildman–Crippen LogP) is 3.76. The van der Waals surface area contributed by atoms with Gasteiger partial charge in [-0.1, -0.05) is 36.4 Å². The zero-order chi connectivity index (χ0) is 18.6. The third kappa shape index (κ3) is 8.17. The summed E-state index contributed by atoms with van der Waals surface area (Å²) in [5.41, 5.74) is 3.69. The number of halogens is 1. The largest absolute Gasteiger partial charge is 0.497 e. The summed E-state index contributed by atoms with van der Waals surface area (Å²) in [7, 11) is 3.47. The lowest BCUT2D eigenvalue weighted by molar-refractivity contribution is 0.133. The van der Waals surface area contributed by atoms with Crippen molar-refractivity contribution in [1.82, 2.24) is 10.6 Å². The Morgan fingerprint density at radius 3 is 2.33 bits per heavy atom. The second-order valence-corrected chi connectivity index (χ2v) is 5.86. The Labute approximate surface area is 179 Å². The Bertz CT molecular complexity index is 690. The van der Waals surface area contributed by atoms with Crippen LogP contribution < -0.4 is 15.4 Å². The first-order valence-electron chi connectivity index (χ1n) is 8.98. The van der Waals surface area contributed by atoms with E-state index in [1.807, 2.05) is 31.2 Å². The molecule has 2 aromatic carbocycles. The summed E-state index contributed by atoms with van der Waals surface area (Å²) in [6.07, 6.45) is 0.922. The van der Waals surface area contributed by atoms with Crippen LogP contribution in [0.1, 0.15) is 23.6 Å². The number of guanidine groups is 1. The maximum absolute atomic E-state index is 5.54. The van der Waals surface area contributed by atoms with E-state index in [9.17, 15) is 0 Å². The molecule has 0 aromatic heterocycles. The maximum atomic E-state index is 5.54. The van der Waals surface area contributed by atoms with E-state index in [0.717, 1.165) is 31.3 Å². The Kier molecular flexibility index (Phi) is 11.5. The number of rotatable bonds is 9. The average Bonchev–Trinajstić information content (AvgIpc) is 2.70. The fourth-order valence-corrected chi connectivity index (χ4v) is 2.60. The summed E-state index contributed by atoms with van der Waals surface area (Å²) in [4.78, 5) is 4.30. The Balaban J connectivity index is 0.00000364. The fourth-order valence-electron chi connectivity index (χ4n) is 2.60. The standard InChI is InChI=1S/C21H29N3O2.HI/c1-4-26-16-19-8-6-5-7-18(19)15-24-21(22-2)23-14-13-17-9-11-20(25-3)12-10-17;/h5-12H,4,13-16H2,1-3H3,(H2,22,23,24);1H. The first-order chi connectivity index (χ1) is 12.8. The van der Waals surface area contributed by atoms with Crippen LogP contribution in [-0.4, -0.2) is 33.3 Å². The number of ether oxygens (including phenoxy) is 2. The second kappa shape index (κ2) is 13.4. The number of benzene rings is 2. The second-order valence-electron chi connectivity index (χ2n) is 5.86. The Morgan fingerprint density at radius 2 is 1.70 bits per heavy atom. The molecular formula is C21H30IN3O2. The number of aliphatic imine (C=N–C) groups is 1. The lowest BCUT2D eigenvalue weighted by Crippen LogP contribution is -2.38. The molecule has 0 aliphatic carbocycles. The number of hydrogen-bond acceptors (Lipinski definition) is 3. The monoisotopic (exact) mass is 483 g/mol. The van der Waals surface area contributed by atoms with Gasteiger partial charge in [0.2, 0.25) is 0 Å². The molecule has 0 saturated carbocycles. The number of nitrogens with zero attached hydrogens (tertiary/aromatic N) is 1. The highest BCUT2D eigenvalue weighted by Gasteiger charge is 2.04. The van der Waals surface area contributed by atoms with Crippen molar-refractivity contribution in [3.63, 3.8) is 0 Å². The van der Waals surface area contributed by atoms with Gasteiger partial charge in [-0.05, 0) is 42.2 Å². The van der Waals surface area contributed by atoms with E-state index in [1.165, 1.54) is 16.7 Å². The van der Waals surface area contributed by atoms with Crippen LogP contribution in [0.2, 0.25) is 0 Å². The molecule has 5 nitrogen and oxygen atoms in total. The van der Waals surface area contributed by atoms with Gasteiger partial charge in [-0.25, -0.2) is 0 Å². The van der Waals surface area contributed by atoms with Crippen LogP contribution in [0.25, 0.3) is 0 Å². The van der Waals surface area contributed by atoms with Gasteiger partial charge in [0, 0.05) is 26.7 Å². The summed E-state index contributed by atoms with van der Waals surface area (Å²) < 4.78 is 10.7. The number of methoxy groups -OCH3 is 1. The van der Waals surface area contributed by atoms with Crippen LogP contribution in [0.4, 0.5) is 0 Å². The zero-order valence-electron chi connectivity index (χ0n) is 16.3. The van der Waals surface area contributed by atoms with Crippen LogP contribution in [0.15, 0.2) is 53.5 Å². The van der Waals surface area contributed by atoms with Crippen molar-refractivity contribution in [3.8, 4) is 5.75 Å². The van der Waals surface area contributed by atoms with E-state index >= 15 is 0 Å². The molecule has 2 N–H and O–H groups in total. The van der Waals surface area contributed by atoms with Crippen molar-refractivity contribution < 1.29 is 9.47 Å². The molecular weight excluding hydrogens is 453 g/mol. The van der Waals surface area contributed by atoms with Crippen LogP contribution in [0, 0.1) is 0 Å². The SMILES string of the molecule is CCOCc1ccccc1CNC(=NC)NCCc1ccc(OC)cc1.I. The van der Waals surface area contributed by atoms with Crippen LogP contribution in [0.3, 0.4) is 0 Å². The van der Waals surface area contributed by atoms with Gasteiger partial charge < -0.3 is 20.1 Å². The molecule has 0 atom stereocenters. The molecule has 0 aliphatic rings. The minimum Gasteiger partial charge on any atom is -0.497 e. The first kappa shape index (κ1) is 23.2. The van der Waals surface area contributed by atoms with Gasteiger partial charge in [-0.3, -0.25) is 4.99 Å². The van der Waals surface area contributed by atoms with E-state index in [-0.39, 0.29) is 24.0 Å². The predicted molar refractivity (Wildman–Crippen MR) is 122 cm³/mol. The van der Waals surface area contributed by atoms with Gasteiger partial charge in [-0.2, -0.15) is 0 Å². The minimum absolute atomic E-state index is 0. The van der Waals surface area contributed by atoms with Gasteiger partial charge in [0.1, 0.15) is 5.75 Å². The van der Waals surface area contributed by atoms with Gasteiger partial charge in [0.05, 0.1) is 13.7 Å². The summed E-state index contributed by atoms with van der Waals surface area (Å²) in [6, 6.07) is 16.4. The van der Waals surface area contributed by atoms with Crippen molar-refractivity contribution in [2.24, 2.45) is 4.99 Å². The fraction of sp³-hybridized carbons (Fsp3) is 0.381. The molecule has 0 saturated heterocycles. The van der Waals surface area contributed by atoms with Crippen LogP contribution in [0.5, 0.6) is 5.75 Å². The number of hydrogen-bond donors (Lipinski definition) is 2. The molecule has 2 rings (SSSR count). The molecule has 0 bridgehead atoms. The third-order valence-corrected chi connectivity index (χ3v) is 4.12. The normalized spacial score (nSPS) is 10.9. The lowest BCUT2D eigenvalue weighted by atomic mass is 10.1. The summed E-state index contributed by atoms with van der Waals surface area (Å²) in [5, 5.41) is 6.73. The van der Waals surface area contributed by atoms with E-state index in [1.54, 1.807) is 14.2 Å². The molecule has 0 spiro atoms. The highest BCUT2D eigenvalue weighted by molar-refractivity contribution is 14.0. The molecule has 0 heterocycles. The molecule has 2 aromatic rings. The Morgan fingerprint density at radius 1 is 1.00 bits per heavy atom. The van der Waals surface area contributed by atoms with Gasteiger partial charge in [0.15, 0.2) is 5.96 Å². The van der Waals surface area contributed by atoms with Crippen molar-refractivity contribution in [1.29, 1.82) is 0 Å². The van der Waals surface area contributed by atoms with Gasteiger partial charge in [0.25, 0.3) is 0 Å². The molecule has 0 unspecified atom stereocenters. The minimum atomic E-state index is 0. The maximum Gasteiger partial charge on any atom is 0.191 e. The molecule has 27 heavy (non-hydrogen) atoms. The van der Waals surface area contributed by atoms with Gasteiger partial charge >= 0.3 is 0 Å². The van der Waals surface area contributed by atoms with E-state index in [0.29, 0.717) is 13.2 Å². The van der Waals surface area contributed by atoms with Crippen LogP contribution >= 0.6 is 24.0 Å². The molecule has 0 radical (unpaired) electrons. The van der Waals surface area contributed by atoms with Crippen molar-refractivity contribution >= 4 is 29.9 Å². The summed E-state index contributed by atoms with van der Waals surface area (Å²) >= 11 is 0. The van der Waals surface area contributed by atoms with Gasteiger partial charge in [-0.15, -0.1) is 24.0 Å². The van der Waals surface area contributed by atoms with E-state index in [4.69, 9.17) is 9.47 Å². The van der Waals surface area contributed by atoms with Crippen molar-refractivity contribution in [2.75, 3.05) is 27.3 Å². The summed E-state index contributed by atoms with van der Waals surface area (Å²) in [5.74, 6) is 1.68. The molecule has 0 amide bonds. The van der Waals surface area contributed by atoms with Crippen LogP contribution in [-0.2, 0) is 24.3 Å². The van der Waals surface area contributed by atoms with Crippen molar-refractivity contribution in [3.05, 3.63) is 65.2 Å². The first-order valence-corrected chi connectivity index (χ1v) is 8.98. The molecule has 148 valence electrons. The van der Waals surface area contributed by atoms with E-state index in [2.05, 4.69) is 39.9 Å². The quantitative estimate of drug-likeness (QED) is 0.324. The molecule has 0 fully saturated rings. The highest BCUT2D eigenvalue weighted by Crippen LogP contribution is 2.11. The molecule has 6 heteroatoms. The summed E-state index contributed by atoms with van der Waals surface area (Å²) in [6.45, 7) is 4.89. The zero-order valence-corrected chi connectivity index (χ0v) is 18.7. The Hall–Kier alpha value is -1.80. The molecule has 0 aliphatic heterocycles. The van der Waals surface area contributed by atoms with E-state index < -0.39 is 0 Å². The smallest absolute Gasteiger partial charge is 0.191 e. The topological polar surface area (TPSA) is 54.9 Å². The average molecular weight is 483 g/mol. The third-order valence-electron chi connectivity index (χ3n) is 4.12.